The van der Waals surface area contributed by atoms with Gasteiger partial charge >= 0.3 is 0 Å². The normalized spacial score (nSPS) is 11.2. The van der Waals surface area contributed by atoms with Crippen molar-refractivity contribution in [2.45, 2.75) is 25.8 Å². The topological polar surface area (TPSA) is 99.0 Å². The van der Waals surface area contributed by atoms with Crippen LogP contribution >= 0.6 is 24.8 Å². The predicted octanol–water partition coefficient (Wildman–Crippen LogP) is 3.44. The fourth-order valence-electron chi connectivity index (χ4n) is 2.51. The molecule has 0 unspecified atom stereocenters. The van der Waals surface area contributed by atoms with Crippen molar-refractivity contribution in [2.24, 2.45) is 5.73 Å². The number of alkyl halides is 2. The molecule has 11 heteroatoms. The summed E-state index contributed by atoms with van der Waals surface area (Å²) in [7, 11) is 0. The van der Waals surface area contributed by atoms with Crippen LogP contribution in [0.1, 0.15) is 30.2 Å². The lowest BCUT2D eigenvalue weighted by Crippen LogP contribution is -2.41. The molecule has 3 N–H and O–H groups in total. The van der Waals surface area contributed by atoms with Gasteiger partial charge in [0, 0.05) is 6.04 Å². The Morgan fingerprint density at radius 3 is 2.68 bits per heavy atom. The Morgan fingerprint density at radius 2 is 2.11 bits per heavy atom. The van der Waals surface area contributed by atoms with Crippen molar-refractivity contribution in [1.29, 1.82) is 0 Å². The highest BCUT2D eigenvalue weighted by molar-refractivity contribution is 6.06. The van der Waals surface area contributed by atoms with E-state index in [1.54, 1.807) is 16.8 Å². The van der Waals surface area contributed by atoms with Crippen molar-refractivity contribution in [2.75, 3.05) is 13.1 Å². The highest BCUT2D eigenvalue weighted by Crippen LogP contribution is 2.26. The number of furan rings is 1. The first kappa shape index (κ1) is 23.8. The molecule has 0 bridgehead atoms. The molecule has 0 atom stereocenters. The Balaban J connectivity index is 0.00000196. The van der Waals surface area contributed by atoms with Crippen molar-refractivity contribution >= 4 is 41.8 Å². The van der Waals surface area contributed by atoms with Crippen molar-refractivity contribution < 1.29 is 18.0 Å². The SMILES string of the molecule is CC(C)n1ncc2c(C(=O)NCC(F)(F)CN)cc(-c3ccco3)nc21.Cl.Cl. The van der Waals surface area contributed by atoms with Crippen LogP contribution in [0, 0.1) is 0 Å². The summed E-state index contributed by atoms with van der Waals surface area (Å²) in [5.74, 6) is -3.36. The Labute approximate surface area is 172 Å². The first-order chi connectivity index (χ1) is 12.3. The number of nitrogens with zero attached hydrogens (tertiary/aromatic N) is 3. The zero-order chi connectivity index (χ0) is 18.9. The number of nitrogens with one attached hydrogen (secondary N) is 1. The van der Waals surface area contributed by atoms with E-state index >= 15 is 0 Å². The summed E-state index contributed by atoms with van der Waals surface area (Å²) in [5, 5.41) is 6.96. The molecule has 0 fully saturated rings. The van der Waals surface area contributed by atoms with Gasteiger partial charge < -0.3 is 15.5 Å². The van der Waals surface area contributed by atoms with Crippen LogP contribution in [0.4, 0.5) is 8.78 Å². The lowest BCUT2D eigenvalue weighted by Gasteiger charge is -2.15. The highest BCUT2D eigenvalue weighted by atomic mass is 35.5. The Bertz CT molecular complexity index is 929. The van der Waals surface area contributed by atoms with Gasteiger partial charge in [-0.15, -0.1) is 24.8 Å². The van der Waals surface area contributed by atoms with Gasteiger partial charge in [0.25, 0.3) is 11.8 Å². The van der Waals surface area contributed by atoms with Crippen LogP contribution in [0.3, 0.4) is 0 Å². The highest BCUT2D eigenvalue weighted by Gasteiger charge is 2.28. The molecular weight excluding hydrogens is 415 g/mol. The number of halogens is 4. The van der Waals surface area contributed by atoms with E-state index in [1.165, 1.54) is 18.5 Å². The van der Waals surface area contributed by atoms with Crippen molar-refractivity contribution in [1.82, 2.24) is 20.1 Å². The van der Waals surface area contributed by atoms with Crippen LogP contribution in [0.2, 0.25) is 0 Å². The molecule has 3 rings (SSSR count). The molecule has 7 nitrogen and oxygen atoms in total. The fraction of sp³-hybridized carbons (Fsp3) is 0.353. The summed E-state index contributed by atoms with van der Waals surface area (Å²) in [6.07, 6.45) is 2.99. The van der Waals surface area contributed by atoms with Crippen LogP contribution in [0.25, 0.3) is 22.5 Å². The summed E-state index contributed by atoms with van der Waals surface area (Å²) < 4.78 is 33.8. The first-order valence-electron chi connectivity index (χ1n) is 8.10. The monoisotopic (exact) mass is 435 g/mol. The Hall–Kier alpha value is -2.23. The third-order valence-electron chi connectivity index (χ3n) is 3.88. The van der Waals surface area contributed by atoms with Crippen LogP contribution in [0.15, 0.2) is 35.1 Å². The molecular formula is C17H21Cl2F2N5O2. The second-order valence-electron chi connectivity index (χ2n) is 6.20. The van der Waals surface area contributed by atoms with Crippen LogP contribution < -0.4 is 11.1 Å². The zero-order valence-electron chi connectivity index (χ0n) is 15.2. The van der Waals surface area contributed by atoms with Gasteiger partial charge in [0.2, 0.25) is 0 Å². The third-order valence-corrected chi connectivity index (χ3v) is 3.88. The number of fused-ring (bicyclic) bond motifs is 1. The lowest BCUT2D eigenvalue weighted by atomic mass is 10.1. The number of carbonyl (C=O) groups is 1. The number of pyridine rings is 1. The van der Waals surface area contributed by atoms with Gasteiger partial charge in [-0.2, -0.15) is 5.10 Å². The molecule has 154 valence electrons. The van der Waals surface area contributed by atoms with E-state index < -0.39 is 24.9 Å². The summed E-state index contributed by atoms with van der Waals surface area (Å²) in [6, 6.07) is 4.91. The van der Waals surface area contributed by atoms with E-state index in [1.807, 2.05) is 13.8 Å². The van der Waals surface area contributed by atoms with Gasteiger partial charge in [0.05, 0.1) is 36.5 Å². The molecule has 0 spiro atoms. The number of nitrogens with two attached hydrogens (primary N) is 1. The van der Waals surface area contributed by atoms with Gasteiger partial charge in [0.15, 0.2) is 11.4 Å². The van der Waals surface area contributed by atoms with Crippen molar-refractivity contribution in [3.63, 3.8) is 0 Å². The molecule has 1 amide bonds. The maximum atomic E-state index is 13.4. The second kappa shape index (κ2) is 9.31. The first-order valence-corrected chi connectivity index (χ1v) is 8.10. The lowest BCUT2D eigenvalue weighted by molar-refractivity contribution is 0.0119. The molecule has 3 aromatic heterocycles. The van der Waals surface area contributed by atoms with E-state index in [9.17, 15) is 13.6 Å². The Kier molecular flexibility index (Phi) is 7.92. The third kappa shape index (κ3) is 4.78. The maximum absolute atomic E-state index is 13.4. The van der Waals surface area contributed by atoms with Crippen LogP contribution in [-0.4, -0.2) is 39.7 Å². The largest absolute Gasteiger partial charge is 0.463 e. The number of carbonyl (C=O) groups excluding carboxylic acids is 1. The van der Waals surface area contributed by atoms with Crippen molar-refractivity contribution in [3.05, 3.63) is 36.2 Å². The van der Waals surface area contributed by atoms with E-state index in [4.69, 9.17) is 10.2 Å². The Morgan fingerprint density at radius 1 is 1.39 bits per heavy atom. The molecule has 0 saturated carbocycles. The minimum Gasteiger partial charge on any atom is -0.463 e. The minimum absolute atomic E-state index is 0. The molecule has 0 aliphatic heterocycles. The van der Waals surface area contributed by atoms with E-state index in [0.717, 1.165) is 0 Å². The zero-order valence-corrected chi connectivity index (χ0v) is 16.8. The van der Waals surface area contributed by atoms with E-state index in [-0.39, 0.29) is 36.4 Å². The van der Waals surface area contributed by atoms with E-state index in [0.29, 0.717) is 22.5 Å². The van der Waals surface area contributed by atoms with Gasteiger partial charge in [-0.3, -0.25) is 4.79 Å². The molecule has 28 heavy (non-hydrogen) atoms. The molecule has 0 radical (unpaired) electrons. The number of amides is 1. The van der Waals surface area contributed by atoms with Crippen LogP contribution in [-0.2, 0) is 0 Å². The van der Waals surface area contributed by atoms with Gasteiger partial charge in [-0.05, 0) is 32.0 Å². The number of hydrogen-bond acceptors (Lipinski definition) is 5. The van der Waals surface area contributed by atoms with Crippen LogP contribution in [0.5, 0.6) is 0 Å². The smallest absolute Gasteiger partial charge is 0.277 e. The quantitative estimate of drug-likeness (QED) is 0.617. The molecule has 0 saturated heterocycles. The molecule has 3 heterocycles. The molecule has 3 aromatic rings. The maximum Gasteiger partial charge on any atom is 0.277 e. The number of hydrogen-bond donors (Lipinski definition) is 2. The summed E-state index contributed by atoms with van der Waals surface area (Å²) in [5.41, 5.74) is 6.10. The molecule has 0 aliphatic carbocycles. The summed E-state index contributed by atoms with van der Waals surface area (Å²) in [6.45, 7) is 2.16. The fourth-order valence-corrected chi connectivity index (χ4v) is 2.51. The summed E-state index contributed by atoms with van der Waals surface area (Å²) >= 11 is 0. The van der Waals surface area contributed by atoms with E-state index in [2.05, 4.69) is 15.4 Å². The number of aromatic nitrogens is 3. The molecule has 0 aromatic carbocycles. The van der Waals surface area contributed by atoms with Gasteiger partial charge in [-0.25, -0.2) is 18.4 Å². The average Bonchev–Trinajstić information content (AvgIpc) is 3.28. The predicted molar refractivity (Wildman–Crippen MR) is 106 cm³/mol. The second-order valence-corrected chi connectivity index (χ2v) is 6.20. The van der Waals surface area contributed by atoms with Gasteiger partial charge in [-0.1, -0.05) is 0 Å². The van der Waals surface area contributed by atoms with Crippen molar-refractivity contribution in [3.8, 4) is 11.5 Å². The standard InChI is InChI=1S/C17H19F2N5O2.2ClH/c1-10(2)24-15-12(7-22-24)11(16(25)21-9-17(18,19)8-20)6-13(23-15)14-4-3-5-26-14;;/h3-7,10H,8-9,20H2,1-2H3,(H,21,25);2*1H. The summed E-state index contributed by atoms with van der Waals surface area (Å²) in [4.78, 5) is 17.1. The van der Waals surface area contributed by atoms with Gasteiger partial charge in [0.1, 0.15) is 5.69 Å². The minimum atomic E-state index is -3.17. The average molecular weight is 436 g/mol. The number of rotatable bonds is 6. The molecule has 0 aliphatic rings.